The molecule has 0 radical (unpaired) electrons. The van der Waals surface area contributed by atoms with Crippen molar-refractivity contribution in [3.05, 3.63) is 90.0 Å². The summed E-state index contributed by atoms with van der Waals surface area (Å²) in [7, 11) is 0. The third-order valence-electron chi connectivity index (χ3n) is 4.47. The highest BCUT2D eigenvalue weighted by molar-refractivity contribution is 5.82. The Kier molecular flexibility index (Phi) is 6.64. The summed E-state index contributed by atoms with van der Waals surface area (Å²) < 4.78 is 5.82. The van der Waals surface area contributed by atoms with Crippen molar-refractivity contribution in [2.45, 2.75) is 20.5 Å². The van der Waals surface area contributed by atoms with Gasteiger partial charge in [-0.2, -0.15) is 0 Å². The maximum atomic E-state index is 5.82. The van der Waals surface area contributed by atoms with Crippen LogP contribution in [0, 0.1) is 0 Å². The van der Waals surface area contributed by atoms with Gasteiger partial charge in [-0.15, -0.1) is 0 Å². The Morgan fingerprint density at radius 1 is 0.815 bits per heavy atom. The molecule has 0 atom stereocenters. The van der Waals surface area contributed by atoms with E-state index in [1.54, 1.807) is 0 Å². The Morgan fingerprint density at radius 3 is 2.11 bits per heavy atom. The first kappa shape index (κ1) is 18.7. The summed E-state index contributed by atoms with van der Waals surface area (Å²) in [6.45, 7) is 6.94. The number of ether oxygens (including phenoxy) is 1. The van der Waals surface area contributed by atoms with Crippen LogP contribution in [0.2, 0.25) is 0 Å². The van der Waals surface area contributed by atoms with Crippen molar-refractivity contribution >= 4 is 17.6 Å². The fraction of sp³-hybridized carbons (Fsp3) is 0.208. The van der Waals surface area contributed by atoms with Crippen molar-refractivity contribution in [3.8, 4) is 5.75 Å². The van der Waals surface area contributed by atoms with Crippen molar-refractivity contribution in [2.75, 3.05) is 18.0 Å². The number of hydrogen-bond acceptors (Lipinski definition) is 3. The van der Waals surface area contributed by atoms with Crippen LogP contribution in [0.5, 0.6) is 5.75 Å². The highest BCUT2D eigenvalue weighted by Gasteiger charge is 2.00. The fourth-order valence-electron chi connectivity index (χ4n) is 2.88. The van der Waals surface area contributed by atoms with Crippen molar-refractivity contribution in [2.24, 2.45) is 4.99 Å². The van der Waals surface area contributed by atoms with Gasteiger partial charge in [0.25, 0.3) is 0 Å². The molecule has 3 nitrogen and oxygen atoms in total. The molecule has 0 aliphatic heterocycles. The number of benzene rings is 3. The van der Waals surface area contributed by atoms with Crippen LogP contribution in [-0.4, -0.2) is 19.3 Å². The van der Waals surface area contributed by atoms with Crippen LogP contribution in [0.4, 0.5) is 11.4 Å². The van der Waals surface area contributed by atoms with E-state index >= 15 is 0 Å². The van der Waals surface area contributed by atoms with Crippen molar-refractivity contribution in [3.63, 3.8) is 0 Å². The van der Waals surface area contributed by atoms with Gasteiger partial charge in [-0.3, -0.25) is 4.99 Å². The van der Waals surface area contributed by atoms with Gasteiger partial charge in [0, 0.05) is 25.0 Å². The highest BCUT2D eigenvalue weighted by Crippen LogP contribution is 2.20. The molecule has 0 bridgehead atoms. The summed E-state index contributed by atoms with van der Waals surface area (Å²) in [6.07, 6.45) is 1.88. The predicted octanol–water partition coefficient (Wildman–Crippen LogP) is 5.86. The topological polar surface area (TPSA) is 24.8 Å². The molecule has 0 heterocycles. The zero-order valence-electron chi connectivity index (χ0n) is 16.0. The van der Waals surface area contributed by atoms with Gasteiger partial charge in [0.05, 0.1) is 5.69 Å². The van der Waals surface area contributed by atoms with Crippen molar-refractivity contribution in [1.82, 2.24) is 0 Å². The van der Waals surface area contributed by atoms with E-state index in [1.807, 2.05) is 48.7 Å². The van der Waals surface area contributed by atoms with Crippen LogP contribution in [0.25, 0.3) is 0 Å². The molecule has 0 spiro atoms. The molecule has 0 aliphatic rings. The van der Waals surface area contributed by atoms with E-state index in [0.29, 0.717) is 6.61 Å². The molecule has 0 aliphatic carbocycles. The molecule has 0 N–H and O–H groups in total. The van der Waals surface area contributed by atoms with Crippen molar-refractivity contribution < 1.29 is 4.74 Å². The summed E-state index contributed by atoms with van der Waals surface area (Å²) in [6, 6.07) is 26.5. The van der Waals surface area contributed by atoms with Gasteiger partial charge in [-0.25, -0.2) is 0 Å². The smallest absolute Gasteiger partial charge is 0.119 e. The predicted molar refractivity (Wildman–Crippen MR) is 114 cm³/mol. The maximum Gasteiger partial charge on any atom is 0.119 e. The van der Waals surface area contributed by atoms with E-state index in [1.165, 1.54) is 5.69 Å². The van der Waals surface area contributed by atoms with Gasteiger partial charge in [-0.1, -0.05) is 30.3 Å². The minimum Gasteiger partial charge on any atom is -0.489 e. The molecule has 0 unspecified atom stereocenters. The third-order valence-corrected chi connectivity index (χ3v) is 4.47. The van der Waals surface area contributed by atoms with Crippen LogP contribution in [0.1, 0.15) is 25.0 Å². The van der Waals surface area contributed by atoms with E-state index < -0.39 is 0 Å². The monoisotopic (exact) mass is 358 g/mol. The number of rotatable bonds is 8. The molecular formula is C24H26N2O. The Hall–Kier alpha value is -3.07. The van der Waals surface area contributed by atoms with Gasteiger partial charge in [0.2, 0.25) is 0 Å². The van der Waals surface area contributed by atoms with Gasteiger partial charge in [-0.05, 0) is 73.5 Å². The van der Waals surface area contributed by atoms with Crippen LogP contribution < -0.4 is 9.64 Å². The summed E-state index contributed by atoms with van der Waals surface area (Å²) in [5.74, 6) is 0.861. The van der Waals surface area contributed by atoms with E-state index in [4.69, 9.17) is 4.74 Å². The molecule has 3 aromatic carbocycles. The Balaban J connectivity index is 1.57. The molecule has 3 aromatic rings. The lowest BCUT2D eigenvalue weighted by Gasteiger charge is -2.20. The normalized spacial score (nSPS) is 10.9. The first-order valence-corrected chi connectivity index (χ1v) is 9.44. The van der Waals surface area contributed by atoms with Gasteiger partial charge < -0.3 is 9.64 Å². The lowest BCUT2D eigenvalue weighted by Crippen LogP contribution is -2.21. The van der Waals surface area contributed by atoms with E-state index in [-0.39, 0.29) is 0 Å². The standard InChI is InChI=1S/C24H26N2O/c1-3-26(4-2)23-14-12-22(13-15-23)25-18-20-10-16-24(17-11-20)27-19-21-8-6-5-7-9-21/h5-18H,3-4,19H2,1-2H3. The van der Waals surface area contributed by atoms with Crippen LogP contribution in [0.3, 0.4) is 0 Å². The molecule has 3 heteroatoms. The van der Waals surface area contributed by atoms with Gasteiger partial charge in [0.1, 0.15) is 12.4 Å². The minimum absolute atomic E-state index is 0.577. The van der Waals surface area contributed by atoms with E-state index in [9.17, 15) is 0 Å². The Labute approximate surface area is 162 Å². The second-order valence-corrected chi connectivity index (χ2v) is 6.29. The lowest BCUT2D eigenvalue weighted by atomic mass is 10.2. The van der Waals surface area contributed by atoms with E-state index in [0.717, 1.165) is 35.7 Å². The minimum atomic E-state index is 0.577. The quantitative estimate of drug-likeness (QED) is 0.471. The molecule has 0 saturated carbocycles. The molecule has 138 valence electrons. The van der Waals surface area contributed by atoms with Crippen LogP contribution >= 0.6 is 0 Å². The second kappa shape index (κ2) is 9.58. The third kappa shape index (κ3) is 5.45. The Morgan fingerprint density at radius 2 is 1.48 bits per heavy atom. The summed E-state index contributed by atoms with van der Waals surface area (Å²) in [4.78, 5) is 6.89. The van der Waals surface area contributed by atoms with Crippen LogP contribution in [0.15, 0.2) is 83.9 Å². The number of nitrogens with zero attached hydrogens (tertiary/aromatic N) is 2. The number of aliphatic imine (C=N–C) groups is 1. The molecule has 0 amide bonds. The largest absolute Gasteiger partial charge is 0.489 e. The van der Waals surface area contributed by atoms with Crippen LogP contribution in [-0.2, 0) is 6.61 Å². The summed E-state index contributed by atoms with van der Waals surface area (Å²) in [5.41, 5.74) is 4.40. The maximum absolute atomic E-state index is 5.82. The zero-order chi connectivity index (χ0) is 18.9. The Bertz CT molecular complexity index is 836. The summed E-state index contributed by atoms with van der Waals surface area (Å²) in [5, 5.41) is 0. The van der Waals surface area contributed by atoms with E-state index in [2.05, 4.69) is 60.1 Å². The number of hydrogen-bond donors (Lipinski definition) is 0. The van der Waals surface area contributed by atoms with Gasteiger partial charge in [0.15, 0.2) is 0 Å². The molecular weight excluding hydrogens is 332 g/mol. The second-order valence-electron chi connectivity index (χ2n) is 6.29. The average Bonchev–Trinajstić information content (AvgIpc) is 2.74. The number of anilines is 1. The average molecular weight is 358 g/mol. The SMILES string of the molecule is CCN(CC)c1ccc(N=Cc2ccc(OCc3ccccc3)cc2)cc1. The fourth-order valence-corrected chi connectivity index (χ4v) is 2.88. The first-order valence-electron chi connectivity index (χ1n) is 9.44. The lowest BCUT2D eigenvalue weighted by molar-refractivity contribution is 0.306. The molecule has 3 rings (SSSR count). The highest BCUT2D eigenvalue weighted by atomic mass is 16.5. The molecule has 0 aromatic heterocycles. The molecule has 0 fully saturated rings. The first-order chi connectivity index (χ1) is 13.3. The molecule has 0 saturated heterocycles. The van der Waals surface area contributed by atoms with Crippen molar-refractivity contribution in [1.29, 1.82) is 0 Å². The molecule has 27 heavy (non-hydrogen) atoms. The zero-order valence-corrected chi connectivity index (χ0v) is 16.0. The summed E-state index contributed by atoms with van der Waals surface area (Å²) >= 11 is 0. The van der Waals surface area contributed by atoms with Gasteiger partial charge >= 0.3 is 0 Å².